The average molecular weight is 390 g/mol. The first-order valence-corrected chi connectivity index (χ1v) is 8.45. The summed E-state index contributed by atoms with van der Waals surface area (Å²) in [6.45, 7) is 0. The number of carbonyl (C=O) groups is 1. The van der Waals surface area contributed by atoms with Crippen LogP contribution in [-0.2, 0) is 16.0 Å². The summed E-state index contributed by atoms with van der Waals surface area (Å²) in [5.41, 5.74) is 0.897. The number of aromatic nitrogens is 2. The van der Waals surface area contributed by atoms with Gasteiger partial charge in [0.05, 0.1) is 13.5 Å². The van der Waals surface area contributed by atoms with Crippen molar-refractivity contribution in [3.8, 4) is 0 Å². The van der Waals surface area contributed by atoms with Crippen molar-refractivity contribution in [3.05, 3.63) is 92.7 Å². The number of hydrogen-bond donors (Lipinski definition) is 2. The van der Waals surface area contributed by atoms with Crippen LogP contribution in [0, 0.1) is 17.5 Å². The van der Waals surface area contributed by atoms with Crippen LogP contribution in [-0.4, -0.2) is 23.3 Å². The smallest absolute Gasteiger partial charge is 0.306 e. The average Bonchev–Trinajstić information content (AvgIpc) is 3.04. The molecular weight excluding hydrogens is 373 g/mol. The fraction of sp³-hybridized carbons (Fsp3) is 0.200. The number of aromatic amines is 2. The third-order valence-corrected chi connectivity index (χ3v) is 4.48. The standard InChI is InChI=1S/C20H17F3N2O3/c1-28-17(26)10-13(12-8-14(21)19(23)15(22)9-12)18-16(24-25-20(18)27)7-11-5-3-2-4-6-11/h2-6,8-9,13H,7,10H2,1H3,(H2,24,25,27). The van der Waals surface area contributed by atoms with Crippen LogP contribution < -0.4 is 5.56 Å². The topological polar surface area (TPSA) is 75.0 Å². The number of carbonyl (C=O) groups excluding carboxylic acids is 1. The maximum absolute atomic E-state index is 13.8. The first kappa shape index (κ1) is 19.5. The number of methoxy groups -OCH3 is 1. The number of benzene rings is 2. The van der Waals surface area contributed by atoms with Gasteiger partial charge in [0.2, 0.25) is 0 Å². The van der Waals surface area contributed by atoms with Gasteiger partial charge in [0.15, 0.2) is 17.5 Å². The summed E-state index contributed by atoms with van der Waals surface area (Å²) in [5.74, 6) is -6.12. The minimum absolute atomic E-state index is 0.0405. The van der Waals surface area contributed by atoms with Gasteiger partial charge in [-0.3, -0.25) is 14.7 Å². The quantitative estimate of drug-likeness (QED) is 0.500. The monoisotopic (exact) mass is 390 g/mol. The molecule has 0 aliphatic heterocycles. The second-order valence-corrected chi connectivity index (χ2v) is 6.27. The fourth-order valence-corrected chi connectivity index (χ4v) is 3.12. The molecule has 0 amide bonds. The van der Waals surface area contributed by atoms with Crippen molar-refractivity contribution in [3.63, 3.8) is 0 Å². The Morgan fingerprint density at radius 3 is 2.32 bits per heavy atom. The molecule has 0 radical (unpaired) electrons. The third-order valence-electron chi connectivity index (χ3n) is 4.48. The van der Waals surface area contributed by atoms with E-state index in [1.54, 1.807) is 0 Å². The predicted molar refractivity (Wildman–Crippen MR) is 95.5 cm³/mol. The molecule has 0 bridgehead atoms. The van der Waals surface area contributed by atoms with Crippen molar-refractivity contribution in [2.75, 3.05) is 7.11 Å². The highest BCUT2D eigenvalue weighted by molar-refractivity contribution is 5.71. The van der Waals surface area contributed by atoms with Crippen molar-refractivity contribution in [1.29, 1.82) is 0 Å². The lowest BCUT2D eigenvalue weighted by Gasteiger charge is -2.17. The molecule has 5 nitrogen and oxygen atoms in total. The summed E-state index contributed by atoms with van der Waals surface area (Å²) in [4.78, 5) is 24.4. The summed E-state index contributed by atoms with van der Waals surface area (Å²) in [6.07, 6.45) is -0.0253. The number of nitrogens with one attached hydrogen (secondary N) is 2. The van der Waals surface area contributed by atoms with E-state index >= 15 is 0 Å². The van der Waals surface area contributed by atoms with Gasteiger partial charge in [0.25, 0.3) is 5.56 Å². The lowest BCUT2D eigenvalue weighted by molar-refractivity contribution is -0.140. The SMILES string of the molecule is COC(=O)CC(c1cc(F)c(F)c(F)c1)c1c(Cc2ccccc2)[nH][nH]c1=O. The molecular formula is C20H17F3N2O3. The molecule has 28 heavy (non-hydrogen) atoms. The number of rotatable bonds is 6. The maximum atomic E-state index is 13.8. The van der Waals surface area contributed by atoms with Gasteiger partial charge in [0.1, 0.15) is 0 Å². The van der Waals surface area contributed by atoms with Crippen molar-refractivity contribution >= 4 is 5.97 Å². The van der Waals surface area contributed by atoms with Gasteiger partial charge in [-0.25, -0.2) is 13.2 Å². The number of esters is 1. The molecule has 0 spiro atoms. The molecule has 0 saturated carbocycles. The third kappa shape index (κ3) is 4.00. The van der Waals surface area contributed by atoms with Crippen LogP contribution in [0.15, 0.2) is 47.3 Å². The largest absolute Gasteiger partial charge is 0.469 e. The van der Waals surface area contributed by atoms with Crippen LogP contribution in [0.2, 0.25) is 0 Å². The zero-order valence-electron chi connectivity index (χ0n) is 14.9. The van der Waals surface area contributed by atoms with Crippen LogP contribution in [0.5, 0.6) is 0 Å². The van der Waals surface area contributed by atoms with Gasteiger partial charge in [0, 0.05) is 23.6 Å². The van der Waals surface area contributed by atoms with Crippen LogP contribution in [0.3, 0.4) is 0 Å². The van der Waals surface area contributed by atoms with E-state index < -0.39 is 34.9 Å². The Morgan fingerprint density at radius 2 is 1.71 bits per heavy atom. The van der Waals surface area contributed by atoms with Crippen molar-refractivity contribution < 1.29 is 22.7 Å². The van der Waals surface area contributed by atoms with E-state index in [0.717, 1.165) is 24.8 Å². The van der Waals surface area contributed by atoms with Gasteiger partial charge in [-0.2, -0.15) is 0 Å². The van der Waals surface area contributed by atoms with Gasteiger partial charge in [-0.15, -0.1) is 0 Å². The lowest BCUT2D eigenvalue weighted by Crippen LogP contribution is -2.18. The zero-order valence-corrected chi connectivity index (χ0v) is 14.9. The molecule has 0 aliphatic rings. The van der Waals surface area contributed by atoms with Crippen LogP contribution >= 0.6 is 0 Å². The number of hydrogen-bond acceptors (Lipinski definition) is 3. The van der Waals surface area contributed by atoms with E-state index in [2.05, 4.69) is 14.9 Å². The molecule has 3 rings (SSSR count). The number of halogens is 3. The first-order chi connectivity index (χ1) is 13.4. The van der Waals surface area contributed by atoms with E-state index in [9.17, 15) is 22.8 Å². The van der Waals surface area contributed by atoms with E-state index in [0.29, 0.717) is 12.1 Å². The number of H-pyrrole nitrogens is 2. The Balaban J connectivity index is 2.10. The highest BCUT2D eigenvalue weighted by atomic mass is 19.2. The minimum atomic E-state index is -1.62. The molecule has 2 aromatic carbocycles. The zero-order chi connectivity index (χ0) is 20.3. The molecule has 3 aromatic rings. The van der Waals surface area contributed by atoms with E-state index in [-0.39, 0.29) is 17.5 Å². The highest BCUT2D eigenvalue weighted by Gasteiger charge is 2.28. The highest BCUT2D eigenvalue weighted by Crippen LogP contribution is 2.31. The molecule has 2 N–H and O–H groups in total. The Hall–Kier alpha value is -3.29. The molecule has 0 saturated heterocycles. The second-order valence-electron chi connectivity index (χ2n) is 6.27. The molecule has 1 unspecified atom stereocenters. The summed E-state index contributed by atoms with van der Waals surface area (Å²) in [6, 6.07) is 10.8. The lowest BCUT2D eigenvalue weighted by atomic mass is 9.87. The predicted octanol–water partition coefficient (Wildman–Crippen LogP) is 3.41. The van der Waals surface area contributed by atoms with Gasteiger partial charge < -0.3 is 9.84 Å². The van der Waals surface area contributed by atoms with Crippen LogP contribution in [0.25, 0.3) is 0 Å². The van der Waals surface area contributed by atoms with Crippen LogP contribution in [0.1, 0.15) is 34.7 Å². The fourth-order valence-electron chi connectivity index (χ4n) is 3.12. The molecule has 1 atom stereocenters. The molecule has 0 fully saturated rings. The Bertz CT molecular complexity index is 1020. The molecule has 146 valence electrons. The number of ether oxygens (including phenoxy) is 1. The van der Waals surface area contributed by atoms with Crippen molar-refractivity contribution in [2.45, 2.75) is 18.8 Å². The van der Waals surface area contributed by atoms with E-state index in [4.69, 9.17) is 0 Å². The van der Waals surface area contributed by atoms with E-state index in [1.807, 2.05) is 30.3 Å². The molecule has 1 heterocycles. The van der Waals surface area contributed by atoms with Gasteiger partial charge in [-0.05, 0) is 23.3 Å². The molecule has 1 aromatic heterocycles. The summed E-state index contributed by atoms with van der Waals surface area (Å²) in [7, 11) is 1.16. The summed E-state index contributed by atoms with van der Waals surface area (Å²) >= 11 is 0. The van der Waals surface area contributed by atoms with Crippen molar-refractivity contribution in [1.82, 2.24) is 10.2 Å². The normalized spacial score (nSPS) is 12.0. The van der Waals surface area contributed by atoms with Gasteiger partial charge >= 0.3 is 5.97 Å². The first-order valence-electron chi connectivity index (χ1n) is 8.45. The summed E-state index contributed by atoms with van der Waals surface area (Å²) in [5, 5.41) is 5.20. The molecule has 0 aliphatic carbocycles. The van der Waals surface area contributed by atoms with Crippen LogP contribution in [0.4, 0.5) is 13.2 Å². The van der Waals surface area contributed by atoms with E-state index in [1.165, 1.54) is 0 Å². The Kier molecular flexibility index (Phi) is 5.67. The minimum Gasteiger partial charge on any atom is -0.469 e. The van der Waals surface area contributed by atoms with Gasteiger partial charge in [-0.1, -0.05) is 30.3 Å². The molecule has 8 heteroatoms. The maximum Gasteiger partial charge on any atom is 0.306 e. The summed E-state index contributed by atoms with van der Waals surface area (Å²) < 4.78 is 45.6. The Morgan fingerprint density at radius 1 is 1.07 bits per heavy atom. The van der Waals surface area contributed by atoms with Crippen molar-refractivity contribution in [2.24, 2.45) is 0 Å². The Labute approximate surface area is 158 Å². The second kappa shape index (κ2) is 8.16.